The van der Waals surface area contributed by atoms with Crippen LogP contribution >= 0.6 is 0 Å². The number of hydrogen-bond acceptors (Lipinski definition) is 6. The summed E-state index contributed by atoms with van der Waals surface area (Å²) in [6.07, 6.45) is 5.19. The Morgan fingerprint density at radius 2 is 2.04 bits per heavy atom. The van der Waals surface area contributed by atoms with Gasteiger partial charge in [-0.05, 0) is 49.2 Å². The molecule has 26 heavy (non-hydrogen) atoms. The van der Waals surface area contributed by atoms with Gasteiger partial charge in [0.05, 0.1) is 19.5 Å². The fraction of sp³-hybridized carbons (Fsp3) is 0.300. The van der Waals surface area contributed by atoms with Gasteiger partial charge in [0, 0.05) is 0 Å². The minimum absolute atomic E-state index is 0.163. The Kier molecular flexibility index (Phi) is 5.73. The van der Waals surface area contributed by atoms with E-state index in [9.17, 15) is 4.79 Å². The van der Waals surface area contributed by atoms with Gasteiger partial charge in [-0.2, -0.15) is 0 Å². The van der Waals surface area contributed by atoms with Crippen LogP contribution in [0.25, 0.3) is 6.08 Å². The number of aliphatic imine (C=N–C) groups is 1. The third-order valence-electron chi connectivity index (χ3n) is 3.68. The molecule has 0 saturated carbocycles. The molecule has 0 bridgehead atoms. The number of furan rings is 1. The maximum absolute atomic E-state index is 12.0. The molecule has 1 aliphatic heterocycles. The van der Waals surface area contributed by atoms with Crippen molar-refractivity contribution in [3.05, 3.63) is 53.6 Å². The molecule has 0 N–H and O–H groups in total. The predicted molar refractivity (Wildman–Crippen MR) is 97.3 cm³/mol. The van der Waals surface area contributed by atoms with E-state index in [1.165, 1.54) is 6.26 Å². The summed E-state index contributed by atoms with van der Waals surface area (Å²) in [5, 5.41) is 0. The van der Waals surface area contributed by atoms with E-state index < -0.39 is 5.97 Å². The zero-order chi connectivity index (χ0) is 18.4. The Hall–Kier alpha value is -3.02. The van der Waals surface area contributed by atoms with Gasteiger partial charge in [0.15, 0.2) is 23.0 Å². The third-order valence-corrected chi connectivity index (χ3v) is 3.68. The number of ether oxygens (including phenoxy) is 3. The molecule has 1 aromatic heterocycles. The van der Waals surface area contributed by atoms with Crippen molar-refractivity contribution in [2.75, 3.05) is 13.2 Å². The van der Waals surface area contributed by atoms with Gasteiger partial charge in [0.2, 0.25) is 0 Å². The molecular weight excluding hydrogens is 334 g/mol. The van der Waals surface area contributed by atoms with Gasteiger partial charge in [-0.25, -0.2) is 9.79 Å². The number of hydrogen-bond donors (Lipinski definition) is 0. The number of carbonyl (C=O) groups excluding carboxylic acids is 1. The molecule has 6 heteroatoms. The highest BCUT2D eigenvalue weighted by molar-refractivity contribution is 6.11. The van der Waals surface area contributed by atoms with E-state index in [-0.39, 0.29) is 11.6 Å². The molecule has 0 amide bonds. The fourth-order valence-corrected chi connectivity index (χ4v) is 2.40. The van der Waals surface area contributed by atoms with E-state index in [2.05, 4.69) is 11.9 Å². The van der Waals surface area contributed by atoms with Crippen molar-refractivity contribution < 1.29 is 23.4 Å². The predicted octanol–water partition coefficient (Wildman–Crippen LogP) is 4.20. The van der Waals surface area contributed by atoms with Gasteiger partial charge < -0.3 is 18.6 Å². The largest absolute Gasteiger partial charge is 0.490 e. The second-order valence-corrected chi connectivity index (χ2v) is 5.65. The molecular formula is C20H21NO5. The Bertz CT molecular complexity index is 821. The molecule has 1 aliphatic rings. The summed E-state index contributed by atoms with van der Waals surface area (Å²) in [5.41, 5.74) is 0.978. The second kappa shape index (κ2) is 8.38. The smallest absolute Gasteiger partial charge is 0.363 e. The fourth-order valence-electron chi connectivity index (χ4n) is 2.40. The molecule has 1 aromatic carbocycles. The minimum Gasteiger partial charge on any atom is -0.490 e. The van der Waals surface area contributed by atoms with Gasteiger partial charge in [0.1, 0.15) is 0 Å². The number of rotatable bonds is 8. The lowest BCUT2D eigenvalue weighted by Gasteiger charge is -2.12. The molecule has 0 saturated heterocycles. The average molecular weight is 355 g/mol. The normalized spacial score (nSPS) is 15.1. The Morgan fingerprint density at radius 3 is 2.77 bits per heavy atom. The summed E-state index contributed by atoms with van der Waals surface area (Å²) in [7, 11) is 0. The zero-order valence-electron chi connectivity index (χ0n) is 14.9. The van der Waals surface area contributed by atoms with Crippen LogP contribution in [0.1, 0.15) is 38.0 Å². The highest BCUT2D eigenvalue weighted by Crippen LogP contribution is 2.30. The number of cyclic esters (lactones) is 1. The molecule has 0 fully saturated rings. The van der Waals surface area contributed by atoms with Crippen LogP contribution in [0.15, 0.2) is 51.7 Å². The monoisotopic (exact) mass is 355 g/mol. The van der Waals surface area contributed by atoms with Crippen molar-refractivity contribution in [2.45, 2.75) is 26.7 Å². The molecule has 0 radical (unpaired) electrons. The van der Waals surface area contributed by atoms with E-state index in [4.69, 9.17) is 18.6 Å². The van der Waals surface area contributed by atoms with Gasteiger partial charge in [-0.3, -0.25) is 0 Å². The maximum atomic E-state index is 12.0. The van der Waals surface area contributed by atoms with Crippen molar-refractivity contribution in [2.24, 2.45) is 4.99 Å². The number of esters is 1. The van der Waals surface area contributed by atoms with Gasteiger partial charge >= 0.3 is 5.97 Å². The van der Waals surface area contributed by atoms with Gasteiger partial charge in [0.25, 0.3) is 5.90 Å². The first-order chi connectivity index (χ1) is 12.7. The molecule has 0 atom stereocenters. The van der Waals surface area contributed by atoms with Crippen LogP contribution in [0.5, 0.6) is 11.5 Å². The second-order valence-electron chi connectivity index (χ2n) is 5.65. The van der Waals surface area contributed by atoms with Gasteiger partial charge in [-0.15, -0.1) is 0 Å². The molecule has 2 heterocycles. The van der Waals surface area contributed by atoms with E-state index in [0.717, 1.165) is 18.4 Å². The van der Waals surface area contributed by atoms with Crippen LogP contribution in [-0.4, -0.2) is 25.1 Å². The van der Waals surface area contributed by atoms with E-state index in [1.807, 2.05) is 25.1 Å². The molecule has 3 rings (SSSR count). The first-order valence-electron chi connectivity index (χ1n) is 8.67. The molecule has 0 unspecified atom stereocenters. The molecule has 136 valence electrons. The highest BCUT2D eigenvalue weighted by Gasteiger charge is 2.25. The lowest BCUT2D eigenvalue weighted by Crippen LogP contribution is -2.04. The first-order valence-corrected chi connectivity index (χ1v) is 8.67. The number of carbonyl (C=O) groups is 1. The number of unbranched alkanes of at least 4 members (excludes halogenated alkanes) is 1. The van der Waals surface area contributed by atoms with Crippen LogP contribution in [0.3, 0.4) is 0 Å². The van der Waals surface area contributed by atoms with Crippen molar-refractivity contribution in [3.8, 4) is 11.5 Å². The summed E-state index contributed by atoms with van der Waals surface area (Å²) in [6.45, 7) is 5.18. The topological polar surface area (TPSA) is 70.3 Å². The van der Waals surface area contributed by atoms with Gasteiger partial charge in [-0.1, -0.05) is 19.4 Å². The lowest BCUT2D eigenvalue weighted by molar-refractivity contribution is -0.130. The summed E-state index contributed by atoms with van der Waals surface area (Å²) < 4.78 is 21.8. The Morgan fingerprint density at radius 1 is 1.15 bits per heavy atom. The van der Waals surface area contributed by atoms with Crippen molar-refractivity contribution >= 4 is 17.9 Å². The van der Waals surface area contributed by atoms with Crippen LogP contribution in [-0.2, 0) is 9.53 Å². The van der Waals surface area contributed by atoms with Crippen molar-refractivity contribution in [1.82, 2.24) is 0 Å². The summed E-state index contributed by atoms with van der Waals surface area (Å²) in [6, 6.07) is 8.91. The van der Waals surface area contributed by atoms with Crippen LogP contribution in [0.2, 0.25) is 0 Å². The number of benzene rings is 1. The molecule has 2 aromatic rings. The highest BCUT2D eigenvalue weighted by atomic mass is 16.6. The Labute approximate surface area is 152 Å². The maximum Gasteiger partial charge on any atom is 0.363 e. The Balaban J connectivity index is 1.83. The summed E-state index contributed by atoms with van der Waals surface area (Å²) in [5.74, 6) is 1.39. The summed E-state index contributed by atoms with van der Waals surface area (Å²) in [4.78, 5) is 16.2. The number of nitrogens with zero attached hydrogens (tertiary/aromatic N) is 1. The van der Waals surface area contributed by atoms with E-state index in [1.54, 1.807) is 18.2 Å². The van der Waals surface area contributed by atoms with Crippen LogP contribution in [0.4, 0.5) is 0 Å². The average Bonchev–Trinajstić information content (AvgIpc) is 3.28. The van der Waals surface area contributed by atoms with Crippen LogP contribution in [0, 0.1) is 0 Å². The standard InChI is InChI=1S/C20H21NO5/c1-3-5-10-24-16-9-8-14(13-18(16)23-4-2)12-15-20(22)26-19(21-15)17-7-6-11-25-17/h6-9,11-13H,3-5,10H2,1-2H3. The summed E-state index contributed by atoms with van der Waals surface area (Å²) >= 11 is 0. The minimum atomic E-state index is -0.516. The van der Waals surface area contributed by atoms with Crippen molar-refractivity contribution in [3.63, 3.8) is 0 Å². The quantitative estimate of drug-likeness (QED) is 0.403. The molecule has 6 nitrogen and oxygen atoms in total. The van der Waals surface area contributed by atoms with Crippen molar-refractivity contribution in [1.29, 1.82) is 0 Å². The SMILES string of the molecule is CCCCOc1ccc(C=C2N=C(c3ccco3)OC2=O)cc1OCC. The third kappa shape index (κ3) is 4.14. The first kappa shape index (κ1) is 17.8. The molecule has 0 spiro atoms. The zero-order valence-corrected chi connectivity index (χ0v) is 14.9. The van der Waals surface area contributed by atoms with E-state index in [0.29, 0.717) is 30.5 Å². The molecule has 0 aliphatic carbocycles. The van der Waals surface area contributed by atoms with Crippen LogP contribution < -0.4 is 9.47 Å². The van der Waals surface area contributed by atoms with E-state index >= 15 is 0 Å². The lowest BCUT2D eigenvalue weighted by atomic mass is 10.1.